The molecule has 5 nitrogen and oxygen atoms in total. The molecule has 1 heterocycles. The maximum Gasteiger partial charge on any atom is 0.251 e. The smallest absolute Gasteiger partial charge is 0.251 e. The first-order valence-electron chi connectivity index (χ1n) is 6.60. The minimum absolute atomic E-state index is 0.0981. The van der Waals surface area contributed by atoms with E-state index in [1.807, 2.05) is 26.0 Å². The van der Waals surface area contributed by atoms with Crippen LogP contribution in [0.5, 0.6) is 0 Å². The second-order valence-corrected chi connectivity index (χ2v) is 4.87. The molecule has 20 heavy (non-hydrogen) atoms. The average Bonchev–Trinajstić information content (AvgIpc) is 2.69. The number of nitrogens with one attached hydrogen (secondary N) is 3. The number of aryl methyl sites for hydroxylation is 2. The van der Waals surface area contributed by atoms with E-state index in [1.54, 1.807) is 6.07 Å². The molecule has 0 spiro atoms. The lowest BCUT2D eigenvalue weighted by Crippen LogP contribution is -2.33. The molecular weight excluding hydrogens is 254 g/mol. The molecule has 0 unspecified atom stereocenters. The van der Waals surface area contributed by atoms with Crippen molar-refractivity contribution < 1.29 is 9.59 Å². The highest BCUT2D eigenvalue weighted by Crippen LogP contribution is 2.22. The Morgan fingerprint density at radius 2 is 1.85 bits per heavy atom. The molecule has 106 valence electrons. The molecule has 0 aliphatic rings. The van der Waals surface area contributed by atoms with Crippen molar-refractivity contribution >= 4 is 22.7 Å². The zero-order chi connectivity index (χ0) is 14.7. The third-order valence-electron chi connectivity index (χ3n) is 3.35. The van der Waals surface area contributed by atoms with Crippen LogP contribution in [-0.2, 0) is 4.79 Å². The molecule has 2 rings (SSSR count). The van der Waals surface area contributed by atoms with Gasteiger partial charge in [-0.15, -0.1) is 0 Å². The van der Waals surface area contributed by atoms with E-state index in [0.717, 1.165) is 22.2 Å². The number of hydrogen-bond acceptors (Lipinski definition) is 2. The van der Waals surface area contributed by atoms with Gasteiger partial charge in [-0.25, -0.2) is 0 Å². The molecule has 0 aliphatic carbocycles. The molecule has 1 aromatic heterocycles. The van der Waals surface area contributed by atoms with E-state index in [2.05, 4.69) is 15.6 Å². The molecule has 0 saturated carbocycles. The summed E-state index contributed by atoms with van der Waals surface area (Å²) in [5, 5.41) is 6.48. The number of carbonyl (C=O) groups is 2. The van der Waals surface area contributed by atoms with Crippen molar-refractivity contribution in [2.24, 2.45) is 0 Å². The SMILES string of the molecule is CC(=O)NCCNC(=O)c1ccc2[nH]c(C)c(C)c2c1. The summed E-state index contributed by atoms with van der Waals surface area (Å²) >= 11 is 0. The van der Waals surface area contributed by atoms with Gasteiger partial charge in [0.25, 0.3) is 5.91 Å². The zero-order valence-corrected chi connectivity index (χ0v) is 12.0. The minimum Gasteiger partial charge on any atom is -0.358 e. The number of carbonyl (C=O) groups excluding carboxylic acids is 2. The predicted molar refractivity (Wildman–Crippen MR) is 78.8 cm³/mol. The fraction of sp³-hybridized carbons (Fsp3) is 0.333. The van der Waals surface area contributed by atoms with E-state index in [4.69, 9.17) is 0 Å². The summed E-state index contributed by atoms with van der Waals surface area (Å²) in [7, 11) is 0. The second-order valence-electron chi connectivity index (χ2n) is 4.87. The molecule has 2 amide bonds. The third kappa shape index (κ3) is 2.99. The number of amides is 2. The highest BCUT2D eigenvalue weighted by atomic mass is 16.2. The van der Waals surface area contributed by atoms with Crippen LogP contribution in [0, 0.1) is 13.8 Å². The van der Waals surface area contributed by atoms with Crippen LogP contribution in [0.15, 0.2) is 18.2 Å². The van der Waals surface area contributed by atoms with Crippen LogP contribution in [0.2, 0.25) is 0 Å². The Morgan fingerprint density at radius 3 is 2.55 bits per heavy atom. The highest BCUT2D eigenvalue weighted by Gasteiger charge is 2.09. The van der Waals surface area contributed by atoms with Crippen LogP contribution < -0.4 is 10.6 Å². The molecule has 0 aliphatic heterocycles. The summed E-state index contributed by atoms with van der Waals surface area (Å²) in [5.41, 5.74) is 3.94. The predicted octanol–water partition coefficient (Wildman–Crippen LogP) is 1.65. The zero-order valence-electron chi connectivity index (χ0n) is 12.0. The topological polar surface area (TPSA) is 74.0 Å². The first kappa shape index (κ1) is 14.1. The lowest BCUT2D eigenvalue weighted by Gasteiger charge is -2.06. The summed E-state index contributed by atoms with van der Waals surface area (Å²) in [5.74, 6) is -0.227. The lowest BCUT2D eigenvalue weighted by molar-refractivity contribution is -0.118. The van der Waals surface area contributed by atoms with Gasteiger partial charge in [0, 0.05) is 42.2 Å². The van der Waals surface area contributed by atoms with Gasteiger partial charge in [-0.3, -0.25) is 9.59 Å². The van der Waals surface area contributed by atoms with Crippen molar-refractivity contribution in [2.45, 2.75) is 20.8 Å². The Hall–Kier alpha value is -2.30. The molecule has 0 atom stereocenters. The van der Waals surface area contributed by atoms with E-state index in [9.17, 15) is 9.59 Å². The molecule has 0 radical (unpaired) electrons. The fourth-order valence-electron chi connectivity index (χ4n) is 2.12. The van der Waals surface area contributed by atoms with Gasteiger partial charge >= 0.3 is 0 Å². The maximum absolute atomic E-state index is 12.0. The van der Waals surface area contributed by atoms with Crippen LogP contribution in [-0.4, -0.2) is 29.9 Å². The average molecular weight is 273 g/mol. The van der Waals surface area contributed by atoms with Gasteiger partial charge in [0.05, 0.1) is 0 Å². The van der Waals surface area contributed by atoms with E-state index in [0.29, 0.717) is 18.7 Å². The fourth-order valence-corrected chi connectivity index (χ4v) is 2.12. The summed E-state index contributed by atoms with van der Waals surface area (Å²) in [6.45, 7) is 6.36. The number of aromatic amines is 1. The Balaban J connectivity index is 2.06. The van der Waals surface area contributed by atoms with E-state index in [-0.39, 0.29) is 11.8 Å². The summed E-state index contributed by atoms with van der Waals surface area (Å²) in [4.78, 5) is 26.0. The van der Waals surface area contributed by atoms with E-state index < -0.39 is 0 Å². The van der Waals surface area contributed by atoms with Crippen LogP contribution in [0.25, 0.3) is 10.9 Å². The number of aromatic nitrogens is 1. The number of benzene rings is 1. The largest absolute Gasteiger partial charge is 0.358 e. The summed E-state index contributed by atoms with van der Waals surface area (Å²) < 4.78 is 0. The van der Waals surface area contributed by atoms with Gasteiger partial charge < -0.3 is 15.6 Å². The van der Waals surface area contributed by atoms with Gasteiger partial charge in [0.15, 0.2) is 0 Å². The highest BCUT2D eigenvalue weighted by molar-refractivity contribution is 5.99. The maximum atomic E-state index is 12.0. The number of hydrogen-bond donors (Lipinski definition) is 3. The van der Waals surface area contributed by atoms with Gasteiger partial charge in [-0.2, -0.15) is 0 Å². The third-order valence-corrected chi connectivity index (χ3v) is 3.35. The number of H-pyrrole nitrogens is 1. The Bertz CT molecular complexity index is 658. The molecular formula is C15H19N3O2. The Kier molecular flexibility index (Phi) is 4.08. The monoisotopic (exact) mass is 273 g/mol. The van der Waals surface area contributed by atoms with Crippen LogP contribution in [0.1, 0.15) is 28.5 Å². The molecule has 5 heteroatoms. The molecule has 0 fully saturated rings. The standard InChI is InChI=1S/C15H19N3O2/c1-9-10(2)18-14-5-4-12(8-13(9)14)15(20)17-7-6-16-11(3)19/h4-5,8,18H,6-7H2,1-3H3,(H,16,19)(H,17,20). The molecule has 2 aromatic rings. The number of fused-ring (bicyclic) bond motifs is 1. The first-order chi connectivity index (χ1) is 9.49. The molecule has 1 aromatic carbocycles. The minimum atomic E-state index is -0.129. The van der Waals surface area contributed by atoms with Crippen molar-refractivity contribution in [3.8, 4) is 0 Å². The van der Waals surface area contributed by atoms with Crippen molar-refractivity contribution in [3.63, 3.8) is 0 Å². The normalized spacial score (nSPS) is 10.6. The quantitative estimate of drug-likeness (QED) is 0.741. The van der Waals surface area contributed by atoms with Gasteiger partial charge in [-0.1, -0.05) is 0 Å². The number of rotatable bonds is 4. The van der Waals surface area contributed by atoms with E-state index >= 15 is 0 Å². The van der Waals surface area contributed by atoms with Gasteiger partial charge in [0.1, 0.15) is 0 Å². The molecule has 3 N–H and O–H groups in total. The van der Waals surface area contributed by atoms with Crippen molar-refractivity contribution in [3.05, 3.63) is 35.0 Å². The summed E-state index contributed by atoms with van der Waals surface area (Å²) in [6, 6.07) is 5.60. The van der Waals surface area contributed by atoms with E-state index in [1.165, 1.54) is 6.92 Å². The van der Waals surface area contributed by atoms with Crippen LogP contribution >= 0.6 is 0 Å². The molecule has 0 bridgehead atoms. The van der Waals surface area contributed by atoms with Crippen molar-refractivity contribution in [1.82, 2.24) is 15.6 Å². The Labute approximate surface area is 117 Å². The van der Waals surface area contributed by atoms with Crippen LogP contribution in [0.3, 0.4) is 0 Å². The van der Waals surface area contributed by atoms with Crippen LogP contribution in [0.4, 0.5) is 0 Å². The molecule has 0 saturated heterocycles. The summed E-state index contributed by atoms with van der Waals surface area (Å²) in [6.07, 6.45) is 0. The van der Waals surface area contributed by atoms with Gasteiger partial charge in [0.2, 0.25) is 5.91 Å². The van der Waals surface area contributed by atoms with Crippen molar-refractivity contribution in [1.29, 1.82) is 0 Å². The first-order valence-corrected chi connectivity index (χ1v) is 6.60. The Morgan fingerprint density at radius 1 is 1.15 bits per heavy atom. The second kappa shape index (κ2) is 5.77. The lowest BCUT2D eigenvalue weighted by atomic mass is 10.1. The van der Waals surface area contributed by atoms with Crippen molar-refractivity contribution in [2.75, 3.05) is 13.1 Å². The van der Waals surface area contributed by atoms with Gasteiger partial charge in [-0.05, 0) is 37.6 Å².